The molecule has 1 N–H and O–H groups in total. The van der Waals surface area contributed by atoms with Crippen LogP contribution in [-0.2, 0) is 0 Å². The van der Waals surface area contributed by atoms with Crippen molar-refractivity contribution in [1.29, 1.82) is 0 Å². The van der Waals surface area contributed by atoms with Crippen molar-refractivity contribution in [2.75, 3.05) is 11.1 Å². The molecule has 0 saturated heterocycles. The number of anilines is 2. The predicted molar refractivity (Wildman–Crippen MR) is 103 cm³/mol. The molecule has 3 rings (SSSR count). The molecular formula is C20H20N2OS. The van der Waals surface area contributed by atoms with Crippen molar-refractivity contribution >= 4 is 39.8 Å². The minimum absolute atomic E-state index is 0.0267. The SMILES string of the molecule is CCSc1nc2ccccc2c(Nc2ccc(C)cc2)c1C(C)=O. The number of carbonyl (C=O) groups excluding carboxylic acids is 1. The first kappa shape index (κ1) is 16.5. The van der Waals surface area contributed by atoms with Crippen LogP contribution in [0.4, 0.5) is 11.4 Å². The van der Waals surface area contributed by atoms with Gasteiger partial charge >= 0.3 is 0 Å². The number of hydrogen-bond acceptors (Lipinski definition) is 4. The number of nitrogens with one attached hydrogen (secondary N) is 1. The van der Waals surface area contributed by atoms with Gasteiger partial charge in [-0.1, -0.05) is 42.8 Å². The average molecular weight is 336 g/mol. The summed E-state index contributed by atoms with van der Waals surface area (Å²) >= 11 is 1.60. The number of benzene rings is 2. The number of ketones is 1. The standard InChI is InChI=1S/C20H20N2OS/c1-4-24-20-18(14(3)23)19(16-7-5-6-8-17(16)22-20)21-15-11-9-13(2)10-12-15/h5-12H,4H2,1-3H3,(H,21,22). The maximum absolute atomic E-state index is 12.4. The fraction of sp³-hybridized carbons (Fsp3) is 0.200. The Kier molecular flexibility index (Phi) is 4.86. The van der Waals surface area contributed by atoms with Gasteiger partial charge in [-0.15, -0.1) is 11.8 Å². The number of nitrogens with zero attached hydrogens (tertiary/aromatic N) is 1. The minimum atomic E-state index is 0.0267. The van der Waals surface area contributed by atoms with Gasteiger partial charge in [0.05, 0.1) is 16.8 Å². The Morgan fingerprint density at radius 3 is 2.50 bits per heavy atom. The summed E-state index contributed by atoms with van der Waals surface area (Å²) in [5.41, 5.74) is 4.57. The molecule has 0 aliphatic carbocycles. The van der Waals surface area contributed by atoms with Crippen LogP contribution in [0.1, 0.15) is 29.8 Å². The van der Waals surface area contributed by atoms with Crippen LogP contribution in [0, 0.1) is 6.92 Å². The first-order valence-electron chi connectivity index (χ1n) is 8.00. The summed E-state index contributed by atoms with van der Waals surface area (Å²) in [6.45, 7) is 5.73. The van der Waals surface area contributed by atoms with Gasteiger partial charge in [-0.25, -0.2) is 4.98 Å². The molecule has 0 fully saturated rings. The number of thioether (sulfide) groups is 1. The lowest BCUT2D eigenvalue weighted by Gasteiger charge is -2.16. The Bertz CT molecular complexity index is 888. The van der Waals surface area contributed by atoms with Gasteiger partial charge in [0.25, 0.3) is 0 Å². The lowest BCUT2D eigenvalue weighted by atomic mass is 10.1. The highest BCUT2D eigenvalue weighted by Gasteiger charge is 2.18. The van der Waals surface area contributed by atoms with E-state index in [2.05, 4.69) is 31.3 Å². The average Bonchev–Trinajstić information content (AvgIpc) is 2.57. The third-order valence-corrected chi connectivity index (χ3v) is 4.67. The van der Waals surface area contributed by atoms with Crippen LogP contribution in [0.5, 0.6) is 0 Å². The highest BCUT2D eigenvalue weighted by atomic mass is 32.2. The van der Waals surface area contributed by atoms with Gasteiger partial charge in [0.2, 0.25) is 0 Å². The molecule has 0 bridgehead atoms. The summed E-state index contributed by atoms with van der Waals surface area (Å²) < 4.78 is 0. The Balaban J connectivity index is 2.23. The summed E-state index contributed by atoms with van der Waals surface area (Å²) in [5.74, 6) is 0.897. The van der Waals surface area contributed by atoms with E-state index >= 15 is 0 Å². The first-order chi connectivity index (χ1) is 11.6. The van der Waals surface area contributed by atoms with E-state index in [1.165, 1.54) is 5.56 Å². The Labute approximate surface area is 146 Å². The number of para-hydroxylation sites is 1. The molecule has 2 aromatic carbocycles. The van der Waals surface area contributed by atoms with Crippen LogP contribution in [0.3, 0.4) is 0 Å². The summed E-state index contributed by atoms with van der Waals surface area (Å²) in [7, 11) is 0. The van der Waals surface area contributed by atoms with E-state index in [1.54, 1.807) is 18.7 Å². The van der Waals surface area contributed by atoms with E-state index in [0.717, 1.165) is 33.1 Å². The lowest BCUT2D eigenvalue weighted by molar-refractivity contribution is 0.101. The molecule has 0 amide bonds. The molecule has 0 aliphatic heterocycles. The molecule has 4 heteroatoms. The smallest absolute Gasteiger partial charge is 0.164 e. The number of Topliss-reactive ketones (excluding diaryl/α,β-unsaturated/α-hetero) is 1. The number of aromatic nitrogens is 1. The quantitative estimate of drug-likeness (QED) is 0.486. The minimum Gasteiger partial charge on any atom is -0.354 e. The third-order valence-electron chi connectivity index (χ3n) is 3.81. The molecule has 3 nitrogen and oxygen atoms in total. The van der Waals surface area contributed by atoms with Crippen molar-refractivity contribution in [3.63, 3.8) is 0 Å². The zero-order chi connectivity index (χ0) is 17.1. The molecule has 1 heterocycles. The van der Waals surface area contributed by atoms with Crippen molar-refractivity contribution in [1.82, 2.24) is 4.98 Å². The number of pyridine rings is 1. The van der Waals surface area contributed by atoms with Crippen LogP contribution >= 0.6 is 11.8 Å². The number of hydrogen-bond donors (Lipinski definition) is 1. The Hall–Kier alpha value is -2.33. The molecule has 122 valence electrons. The van der Waals surface area contributed by atoms with Gasteiger partial charge in [0.15, 0.2) is 5.78 Å². The normalized spacial score (nSPS) is 10.8. The first-order valence-corrected chi connectivity index (χ1v) is 8.99. The maximum Gasteiger partial charge on any atom is 0.164 e. The van der Waals surface area contributed by atoms with Gasteiger partial charge in [-0.3, -0.25) is 4.79 Å². The topological polar surface area (TPSA) is 42.0 Å². The van der Waals surface area contributed by atoms with E-state index in [4.69, 9.17) is 4.98 Å². The van der Waals surface area contributed by atoms with Gasteiger partial charge in [0.1, 0.15) is 5.03 Å². The Morgan fingerprint density at radius 2 is 1.83 bits per heavy atom. The summed E-state index contributed by atoms with van der Waals surface area (Å²) in [6, 6.07) is 16.1. The van der Waals surface area contributed by atoms with Gasteiger partial charge in [-0.05, 0) is 37.8 Å². The highest BCUT2D eigenvalue weighted by Crippen LogP contribution is 2.35. The van der Waals surface area contributed by atoms with E-state index < -0.39 is 0 Å². The largest absolute Gasteiger partial charge is 0.354 e. The van der Waals surface area contributed by atoms with Crippen LogP contribution in [0.15, 0.2) is 53.6 Å². The molecule has 24 heavy (non-hydrogen) atoms. The molecule has 0 atom stereocenters. The fourth-order valence-corrected chi connectivity index (χ4v) is 3.49. The fourth-order valence-electron chi connectivity index (χ4n) is 2.67. The van der Waals surface area contributed by atoms with E-state index in [-0.39, 0.29) is 5.78 Å². The van der Waals surface area contributed by atoms with E-state index in [0.29, 0.717) is 5.56 Å². The van der Waals surface area contributed by atoms with E-state index in [9.17, 15) is 4.79 Å². The van der Waals surface area contributed by atoms with E-state index in [1.807, 2.05) is 36.4 Å². The molecule has 0 unspecified atom stereocenters. The monoisotopic (exact) mass is 336 g/mol. The second-order valence-electron chi connectivity index (χ2n) is 5.66. The summed E-state index contributed by atoms with van der Waals surface area (Å²) in [6.07, 6.45) is 0. The van der Waals surface area contributed by atoms with Crippen molar-refractivity contribution in [3.05, 3.63) is 59.7 Å². The second kappa shape index (κ2) is 7.05. The van der Waals surface area contributed by atoms with Crippen molar-refractivity contribution in [2.45, 2.75) is 25.8 Å². The zero-order valence-electron chi connectivity index (χ0n) is 14.1. The Morgan fingerprint density at radius 1 is 1.12 bits per heavy atom. The lowest BCUT2D eigenvalue weighted by Crippen LogP contribution is -2.06. The molecule has 0 aliphatic rings. The second-order valence-corrected chi connectivity index (χ2v) is 6.92. The van der Waals surface area contributed by atoms with Gasteiger partial charge in [-0.2, -0.15) is 0 Å². The number of rotatable bonds is 5. The van der Waals surface area contributed by atoms with Crippen LogP contribution in [0.2, 0.25) is 0 Å². The summed E-state index contributed by atoms with van der Waals surface area (Å²) in [5, 5.41) is 5.20. The molecule has 1 aromatic heterocycles. The van der Waals surface area contributed by atoms with Gasteiger partial charge < -0.3 is 5.32 Å². The van der Waals surface area contributed by atoms with Crippen molar-refractivity contribution in [2.24, 2.45) is 0 Å². The van der Waals surface area contributed by atoms with Crippen LogP contribution in [-0.4, -0.2) is 16.5 Å². The van der Waals surface area contributed by atoms with Crippen LogP contribution in [0.25, 0.3) is 10.9 Å². The molecule has 3 aromatic rings. The summed E-state index contributed by atoms with van der Waals surface area (Å²) in [4.78, 5) is 17.1. The van der Waals surface area contributed by atoms with Crippen LogP contribution < -0.4 is 5.32 Å². The predicted octanol–water partition coefficient (Wildman–Crippen LogP) is 5.60. The molecular weight excluding hydrogens is 316 g/mol. The zero-order valence-corrected chi connectivity index (χ0v) is 14.9. The molecule has 0 spiro atoms. The number of aryl methyl sites for hydroxylation is 1. The molecule has 0 saturated carbocycles. The highest BCUT2D eigenvalue weighted by molar-refractivity contribution is 7.99. The van der Waals surface area contributed by atoms with Crippen molar-refractivity contribution < 1.29 is 4.79 Å². The number of carbonyl (C=O) groups is 1. The maximum atomic E-state index is 12.4. The number of fused-ring (bicyclic) bond motifs is 1. The third kappa shape index (κ3) is 3.29. The van der Waals surface area contributed by atoms with Crippen molar-refractivity contribution in [3.8, 4) is 0 Å². The van der Waals surface area contributed by atoms with Gasteiger partial charge in [0, 0.05) is 11.1 Å². The molecule has 0 radical (unpaired) electrons.